The molecule has 1 fully saturated rings. The standard InChI is InChI=1S/C16H28N4O2S2.HI/c1-5-16(3)8-11-20(12-16)15(17-4)18-9-10-19-24(21,22)14-7-6-13(2)23-14;/h6-7,19H,5,8-12H2,1-4H3,(H,17,18);1H. The van der Waals surface area contributed by atoms with Gasteiger partial charge in [0.15, 0.2) is 5.96 Å². The van der Waals surface area contributed by atoms with Gasteiger partial charge in [-0.2, -0.15) is 0 Å². The number of nitrogens with one attached hydrogen (secondary N) is 2. The molecule has 2 N–H and O–H groups in total. The van der Waals surface area contributed by atoms with E-state index in [1.165, 1.54) is 11.3 Å². The van der Waals surface area contributed by atoms with Crippen LogP contribution in [0.3, 0.4) is 0 Å². The molecule has 1 aromatic rings. The highest BCUT2D eigenvalue weighted by molar-refractivity contribution is 14.0. The monoisotopic (exact) mass is 500 g/mol. The summed E-state index contributed by atoms with van der Waals surface area (Å²) in [6.07, 6.45) is 2.31. The van der Waals surface area contributed by atoms with Gasteiger partial charge in [-0.25, -0.2) is 13.1 Å². The fourth-order valence-corrected chi connectivity index (χ4v) is 5.17. The molecule has 0 radical (unpaired) electrons. The van der Waals surface area contributed by atoms with Crippen molar-refractivity contribution >= 4 is 51.3 Å². The minimum atomic E-state index is -3.41. The van der Waals surface area contributed by atoms with Gasteiger partial charge in [0, 0.05) is 38.1 Å². The van der Waals surface area contributed by atoms with E-state index in [-0.39, 0.29) is 24.0 Å². The lowest BCUT2D eigenvalue weighted by Gasteiger charge is -2.25. The third kappa shape index (κ3) is 6.07. The number of rotatable bonds is 6. The van der Waals surface area contributed by atoms with Crippen molar-refractivity contribution < 1.29 is 8.42 Å². The van der Waals surface area contributed by atoms with Gasteiger partial charge < -0.3 is 10.2 Å². The molecule has 0 aromatic carbocycles. The number of likely N-dealkylation sites (tertiary alicyclic amines) is 1. The highest BCUT2D eigenvalue weighted by atomic mass is 127. The average molecular weight is 500 g/mol. The molecular weight excluding hydrogens is 471 g/mol. The van der Waals surface area contributed by atoms with Gasteiger partial charge in [-0.05, 0) is 37.3 Å². The van der Waals surface area contributed by atoms with Crippen LogP contribution in [0.25, 0.3) is 0 Å². The first-order chi connectivity index (χ1) is 11.3. The molecule has 0 amide bonds. The van der Waals surface area contributed by atoms with Crippen LogP contribution in [0.1, 0.15) is 31.6 Å². The molecule has 6 nitrogen and oxygen atoms in total. The molecule has 2 heterocycles. The van der Waals surface area contributed by atoms with Crippen molar-refractivity contribution in [2.45, 2.75) is 37.8 Å². The third-order valence-electron chi connectivity index (χ3n) is 4.60. The van der Waals surface area contributed by atoms with Gasteiger partial charge in [0.2, 0.25) is 10.0 Å². The number of aryl methyl sites for hydroxylation is 1. The van der Waals surface area contributed by atoms with Crippen molar-refractivity contribution in [3.63, 3.8) is 0 Å². The Morgan fingerprint density at radius 3 is 2.64 bits per heavy atom. The van der Waals surface area contributed by atoms with E-state index in [2.05, 4.69) is 33.8 Å². The van der Waals surface area contributed by atoms with Gasteiger partial charge in [0.05, 0.1) is 0 Å². The first-order valence-corrected chi connectivity index (χ1v) is 10.6. The van der Waals surface area contributed by atoms with Crippen molar-refractivity contribution in [2.24, 2.45) is 10.4 Å². The van der Waals surface area contributed by atoms with Gasteiger partial charge in [0.25, 0.3) is 0 Å². The van der Waals surface area contributed by atoms with Crippen molar-refractivity contribution in [2.75, 3.05) is 33.2 Å². The highest BCUT2D eigenvalue weighted by Gasteiger charge is 2.33. The Morgan fingerprint density at radius 2 is 2.12 bits per heavy atom. The summed E-state index contributed by atoms with van der Waals surface area (Å²) in [6.45, 7) is 9.24. The van der Waals surface area contributed by atoms with E-state index in [1.807, 2.05) is 13.0 Å². The summed E-state index contributed by atoms with van der Waals surface area (Å²) < 4.78 is 27.3. The number of nitrogens with zero attached hydrogens (tertiary/aromatic N) is 2. The Balaban J connectivity index is 0.00000312. The zero-order chi connectivity index (χ0) is 17.8. The van der Waals surface area contributed by atoms with Crippen LogP contribution in [-0.4, -0.2) is 52.5 Å². The molecule has 0 bridgehead atoms. The molecule has 144 valence electrons. The van der Waals surface area contributed by atoms with Crippen LogP contribution < -0.4 is 10.0 Å². The lowest BCUT2D eigenvalue weighted by molar-refractivity contribution is 0.322. The Hall–Kier alpha value is -0.390. The van der Waals surface area contributed by atoms with E-state index >= 15 is 0 Å². The minimum Gasteiger partial charge on any atom is -0.355 e. The lowest BCUT2D eigenvalue weighted by atomic mass is 9.87. The topological polar surface area (TPSA) is 73.8 Å². The Kier molecular flexibility index (Phi) is 8.62. The van der Waals surface area contributed by atoms with Crippen molar-refractivity contribution in [3.8, 4) is 0 Å². The third-order valence-corrected chi connectivity index (χ3v) is 7.56. The SMILES string of the molecule is CCC1(C)CCN(C(=NC)NCCNS(=O)(=O)c2ccc(C)s2)C1.I. The predicted octanol–water partition coefficient (Wildman–Crippen LogP) is 2.65. The van der Waals surface area contributed by atoms with Gasteiger partial charge in [-0.1, -0.05) is 13.8 Å². The summed E-state index contributed by atoms with van der Waals surface area (Å²) in [7, 11) is -1.64. The molecule has 0 saturated carbocycles. The molecule has 2 rings (SSSR count). The van der Waals surface area contributed by atoms with Crippen LogP contribution in [0.4, 0.5) is 0 Å². The predicted molar refractivity (Wildman–Crippen MR) is 116 cm³/mol. The van der Waals surface area contributed by atoms with Crippen LogP contribution >= 0.6 is 35.3 Å². The van der Waals surface area contributed by atoms with Crippen LogP contribution in [0, 0.1) is 12.3 Å². The fraction of sp³-hybridized carbons (Fsp3) is 0.688. The quantitative estimate of drug-likeness (QED) is 0.273. The molecule has 1 saturated heterocycles. The van der Waals surface area contributed by atoms with E-state index in [0.717, 1.165) is 36.8 Å². The van der Waals surface area contributed by atoms with Crippen LogP contribution in [0.15, 0.2) is 21.3 Å². The molecule has 25 heavy (non-hydrogen) atoms. The van der Waals surface area contributed by atoms with E-state index in [0.29, 0.717) is 22.7 Å². The summed E-state index contributed by atoms with van der Waals surface area (Å²) in [5.41, 5.74) is 0.343. The molecule has 1 aliphatic heterocycles. The Labute approximate surface area is 172 Å². The highest BCUT2D eigenvalue weighted by Crippen LogP contribution is 2.32. The average Bonchev–Trinajstić information content (AvgIpc) is 3.15. The maximum Gasteiger partial charge on any atom is 0.250 e. The lowest BCUT2D eigenvalue weighted by Crippen LogP contribution is -2.43. The van der Waals surface area contributed by atoms with Gasteiger partial charge in [0.1, 0.15) is 4.21 Å². The molecule has 0 aliphatic carbocycles. The van der Waals surface area contributed by atoms with E-state index in [4.69, 9.17) is 0 Å². The molecule has 1 aliphatic rings. The van der Waals surface area contributed by atoms with E-state index < -0.39 is 10.0 Å². The Bertz CT molecular complexity index is 690. The molecule has 0 spiro atoms. The number of halogens is 1. The summed E-state index contributed by atoms with van der Waals surface area (Å²) in [6, 6.07) is 3.46. The Morgan fingerprint density at radius 1 is 1.40 bits per heavy atom. The van der Waals surface area contributed by atoms with Crippen molar-refractivity contribution in [1.82, 2.24) is 14.9 Å². The number of thiophene rings is 1. The maximum atomic E-state index is 12.2. The van der Waals surface area contributed by atoms with Crippen LogP contribution in [0.2, 0.25) is 0 Å². The summed E-state index contributed by atoms with van der Waals surface area (Å²) in [4.78, 5) is 7.56. The molecule has 1 atom stereocenters. The minimum absolute atomic E-state index is 0. The van der Waals surface area contributed by atoms with E-state index in [9.17, 15) is 8.42 Å². The molecular formula is C16H29IN4O2S2. The fourth-order valence-electron chi connectivity index (χ4n) is 2.81. The molecule has 1 aromatic heterocycles. The first kappa shape index (κ1) is 22.7. The van der Waals surface area contributed by atoms with Crippen LogP contribution in [0.5, 0.6) is 0 Å². The van der Waals surface area contributed by atoms with Gasteiger partial charge in [-0.15, -0.1) is 35.3 Å². The van der Waals surface area contributed by atoms with Gasteiger partial charge >= 0.3 is 0 Å². The first-order valence-electron chi connectivity index (χ1n) is 8.31. The number of hydrogen-bond donors (Lipinski definition) is 2. The largest absolute Gasteiger partial charge is 0.355 e. The smallest absolute Gasteiger partial charge is 0.250 e. The summed E-state index contributed by atoms with van der Waals surface area (Å²) >= 11 is 1.28. The number of aliphatic imine (C=N–C) groups is 1. The summed E-state index contributed by atoms with van der Waals surface area (Å²) in [5, 5.41) is 3.25. The second kappa shape index (κ2) is 9.52. The molecule has 9 heteroatoms. The second-order valence-electron chi connectivity index (χ2n) is 6.57. The zero-order valence-corrected chi connectivity index (χ0v) is 19.3. The maximum absolute atomic E-state index is 12.2. The second-order valence-corrected chi connectivity index (χ2v) is 9.85. The summed E-state index contributed by atoms with van der Waals surface area (Å²) in [5.74, 6) is 0.846. The normalized spacial score (nSPS) is 21.3. The zero-order valence-electron chi connectivity index (χ0n) is 15.3. The number of hydrogen-bond acceptors (Lipinski definition) is 4. The number of guanidine groups is 1. The van der Waals surface area contributed by atoms with E-state index in [1.54, 1.807) is 13.1 Å². The van der Waals surface area contributed by atoms with Gasteiger partial charge in [-0.3, -0.25) is 4.99 Å². The number of sulfonamides is 1. The molecule has 1 unspecified atom stereocenters. The van der Waals surface area contributed by atoms with Crippen LogP contribution in [-0.2, 0) is 10.0 Å². The van der Waals surface area contributed by atoms with Crippen molar-refractivity contribution in [3.05, 3.63) is 17.0 Å². The van der Waals surface area contributed by atoms with Crippen molar-refractivity contribution in [1.29, 1.82) is 0 Å².